The van der Waals surface area contributed by atoms with Crippen molar-refractivity contribution in [2.75, 3.05) is 22.5 Å². The molecule has 0 saturated heterocycles. The summed E-state index contributed by atoms with van der Waals surface area (Å²) in [4.78, 5) is 23.0. The third kappa shape index (κ3) is 5.14. The predicted octanol–water partition coefficient (Wildman–Crippen LogP) is 3.31. The Morgan fingerprint density at radius 3 is 2.22 bits per heavy atom. The summed E-state index contributed by atoms with van der Waals surface area (Å²) in [5.74, 6) is -0.219. The Bertz CT molecular complexity index is 709. The number of aryl methyl sites for hydroxylation is 2. The van der Waals surface area contributed by atoms with Crippen molar-refractivity contribution in [1.82, 2.24) is 0 Å². The van der Waals surface area contributed by atoms with Gasteiger partial charge in [0.1, 0.15) is 0 Å². The van der Waals surface area contributed by atoms with Crippen molar-refractivity contribution in [3.05, 3.63) is 53.6 Å². The highest BCUT2D eigenvalue weighted by atomic mass is 16.2. The number of hydrogen-bond donors (Lipinski definition) is 3. The van der Waals surface area contributed by atoms with Crippen LogP contribution in [0, 0.1) is 13.8 Å². The Hall–Kier alpha value is -2.82. The monoisotopic (exact) mass is 311 g/mol. The largest absolute Gasteiger partial charge is 0.376 e. The third-order valence-electron chi connectivity index (χ3n) is 3.33. The Morgan fingerprint density at radius 1 is 0.913 bits per heavy atom. The fourth-order valence-corrected chi connectivity index (χ4v) is 2.12. The normalized spacial score (nSPS) is 10.0. The van der Waals surface area contributed by atoms with Crippen LogP contribution in [0.25, 0.3) is 0 Å². The predicted molar refractivity (Wildman–Crippen MR) is 93.8 cm³/mol. The van der Waals surface area contributed by atoms with Crippen LogP contribution in [0.5, 0.6) is 0 Å². The molecule has 5 nitrogen and oxygen atoms in total. The zero-order valence-corrected chi connectivity index (χ0v) is 13.6. The fourth-order valence-electron chi connectivity index (χ4n) is 2.12. The van der Waals surface area contributed by atoms with Crippen molar-refractivity contribution in [1.29, 1.82) is 0 Å². The molecule has 0 spiro atoms. The van der Waals surface area contributed by atoms with Gasteiger partial charge in [-0.05, 0) is 55.3 Å². The summed E-state index contributed by atoms with van der Waals surface area (Å²) in [7, 11) is 0. The summed E-state index contributed by atoms with van der Waals surface area (Å²) < 4.78 is 0. The lowest BCUT2D eigenvalue weighted by molar-refractivity contribution is -0.115. The van der Waals surface area contributed by atoms with Gasteiger partial charge in [0.2, 0.25) is 11.8 Å². The van der Waals surface area contributed by atoms with Crippen LogP contribution in [0.1, 0.15) is 18.1 Å². The Labute approximate surface area is 136 Å². The van der Waals surface area contributed by atoms with Crippen LogP contribution in [0.4, 0.5) is 17.1 Å². The van der Waals surface area contributed by atoms with Crippen molar-refractivity contribution in [2.45, 2.75) is 20.8 Å². The molecule has 0 saturated carbocycles. The van der Waals surface area contributed by atoms with E-state index in [9.17, 15) is 9.59 Å². The minimum Gasteiger partial charge on any atom is -0.376 e. The summed E-state index contributed by atoms with van der Waals surface area (Å²) in [5.41, 5.74) is 4.51. The summed E-state index contributed by atoms with van der Waals surface area (Å²) >= 11 is 0. The lowest BCUT2D eigenvalue weighted by Crippen LogP contribution is -2.22. The van der Waals surface area contributed by atoms with Crippen molar-refractivity contribution in [3.63, 3.8) is 0 Å². The Kier molecular flexibility index (Phi) is 5.36. The molecule has 0 aromatic heterocycles. The van der Waals surface area contributed by atoms with Gasteiger partial charge in [-0.1, -0.05) is 12.1 Å². The van der Waals surface area contributed by atoms with E-state index in [2.05, 4.69) is 16.0 Å². The number of amides is 2. The Morgan fingerprint density at radius 2 is 1.57 bits per heavy atom. The second-order valence-electron chi connectivity index (χ2n) is 5.48. The second kappa shape index (κ2) is 7.45. The molecule has 0 bridgehead atoms. The van der Waals surface area contributed by atoms with E-state index in [0.29, 0.717) is 0 Å². The van der Waals surface area contributed by atoms with E-state index in [1.807, 2.05) is 44.2 Å². The summed E-state index contributed by atoms with van der Waals surface area (Å²) in [6, 6.07) is 13.2. The number of carbonyl (C=O) groups excluding carboxylic acids is 2. The molecule has 0 aliphatic heterocycles. The topological polar surface area (TPSA) is 70.2 Å². The molecule has 0 heterocycles. The zero-order chi connectivity index (χ0) is 16.8. The summed E-state index contributed by atoms with van der Waals surface area (Å²) in [6.45, 7) is 5.59. The number of anilines is 3. The SMILES string of the molecule is CC(=O)Nc1ccc(NCC(=O)Nc2cc(C)ccc2C)cc1. The summed E-state index contributed by atoms with van der Waals surface area (Å²) in [6.07, 6.45) is 0. The molecule has 2 aromatic carbocycles. The number of carbonyl (C=O) groups is 2. The third-order valence-corrected chi connectivity index (χ3v) is 3.33. The summed E-state index contributed by atoms with van der Waals surface area (Å²) in [5, 5.41) is 8.65. The maximum absolute atomic E-state index is 12.0. The van der Waals surface area contributed by atoms with Crippen molar-refractivity contribution >= 4 is 28.9 Å². The standard InChI is InChI=1S/C18H21N3O2/c1-12-4-5-13(2)17(10-12)21-18(23)11-19-15-6-8-16(9-7-15)20-14(3)22/h4-10,19H,11H2,1-3H3,(H,20,22)(H,21,23). The van der Waals surface area contributed by atoms with Crippen LogP contribution in [0.2, 0.25) is 0 Å². The fraction of sp³-hybridized carbons (Fsp3) is 0.222. The van der Waals surface area contributed by atoms with Gasteiger partial charge in [-0.3, -0.25) is 9.59 Å². The molecule has 2 rings (SSSR count). The first-order valence-corrected chi connectivity index (χ1v) is 7.42. The second-order valence-corrected chi connectivity index (χ2v) is 5.48. The van der Waals surface area contributed by atoms with Gasteiger partial charge < -0.3 is 16.0 Å². The maximum atomic E-state index is 12.0. The van der Waals surface area contributed by atoms with E-state index < -0.39 is 0 Å². The molecular formula is C18H21N3O2. The van der Waals surface area contributed by atoms with Crippen LogP contribution in [-0.4, -0.2) is 18.4 Å². The first-order valence-electron chi connectivity index (χ1n) is 7.42. The highest BCUT2D eigenvalue weighted by molar-refractivity contribution is 5.94. The van der Waals surface area contributed by atoms with Gasteiger partial charge in [0.15, 0.2) is 0 Å². The molecule has 0 fully saturated rings. The Balaban J connectivity index is 1.89. The molecule has 2 aromatic rings. The molecule has 0 radical (unpaired) electrons. The van der Waals surface area contributed by atoms with E-state index in [1.54, 1.807) is 12.1 Å². The van der Waals surface area contributed by atoms with E-state index in [4.69, 9.17) is 0 Å². The van der Waals surface area contributed by atoms with Crippen LogP contribution < -0.4 is 16.0 Å². The molecule has 0 unspecified atom stereocenters. The van der Waals surface area contributed by atoms with E-state index in [0.717, 1.165) is 28.2 Å². The number of nitrogens with one attached hydrogen (secondary N) is 3. The van der Waals surface area contributed by atoms with E-state index in [-0.39, 0.29) is 18.4 Å². The minimum atomic E-state index is -0.112. The molecule has 5 heteroatoms. The number of hydrogen-bond acceptors (Lipinski definition) is 3. The van der Waals surface area contributed by atoms with Gasteiger partial charge in [-0.2, -0.15) is 0 Å². The van der Waals surface area contributed by atoms with Gasteiger partial charge in [0.05, 0.1) is 6.54 Å². The van der Waals surface area contributed by atoms with Gasteiger partial charge >= 0.3 is 0 Å². The van der Waals surface area contributed by atoms with Crippen molar-refractivity contribution < 1.29 is 9.59 Å². The zero-order valence-electron chi connectivity index (χ0n) is 13.6. The lowest BCUT2D eigenvalue weighted by Gasteiger charge is -2.11. The van der Waals surface area contributed by atoms with Gasteiger partial charge in [-0.15, -0.1) is 0 Å². The first kappa shape index (κ1) is 16.5. The number of rotatable bonds is 5. The van der Waals surface area contributed by atoms with Crippen LogP contribution in [0.15, 0.2) is 42.5 Å². The minimum absolute atomic E-state index is 0.107. The molecule has 23 heavy (non-hydrogen) atoms. The molecule has 3 N–H and O–H groups in total. The van der Waals surface area contributed by atoms with Gasteiger partial charge in [0, 0.05) is 24.0 Å². The van der Waals surface area contributed by atoms with E-state index >= 15 is 0 Å². The van der Waals surface area contributed by atoms with Crippen LogP contribution in [0.3, 0.4) is 0 Å². The molecule has 120 valence electrons. The van der Waals surface area contributed by atoms with E-state index in [1.165, 1.54) is 6.92 Å². The maximum Gasteiger partial charge on any atom is 0.243 e. The number of benzene rings is 2. The molecule has 2 amide bonds. The van der Waals surface area contributed by atoms with Crippen molar-refractivity contribution in [2.24, 2.45) is 0 Å². The van der Waals surface area contributed by atoms with Gasteiger partial charge in [0.25, 0.3) is 0 Å². The van der Waals surface area contributed by atoms with Crippen molar-refractivity contribution in [3.8, 4) is 0 Å². The molecule has 0 atom stereocenters. The first-order chi connectivity index (χ1) is 10.9. The average Bonchev–Trinajstić information content (AvgIpc) is 2.50. The molecule has 0 aliphatic carbocycles. The average molecular weight is 311 g/mol. The van der Waals surface area contributed by atoms with Crippen LogP contribution in [-0.2, 0) is 9.59 Å². The van der Waals surface area contributed by atoms with Crippen LogP contribution >= 0.6 is 0 Å². The molecule has 0 aliphatic rings. The highest BCUT2D eigenvalue weighted by Crippen LogP contribution is 2.16. The lowest BCUT2D eigenvalue weighted by atomic mass is 10.1. The van der Waals surface area contributed by atoms with Gasteiger partial charge in [-0.25, -0.2) is 0 Å². The smallest absolute Gasteiger partial charge is 0.243 e. The quantitative estimate of drug-likeness (QED) is 0.793. The highest BCUT2D eigenvalue weighted by Gasteiger charge is 2.05. The molecular weight excluding hydrogens is 290 g/mol.